The van der Waals surface area contributed by atoms with Gasteiger partial charge in [0.1, 0.15) is 6.04 Å². The van der Waals surface area contributed by atoms with E-state index in [0.29, 0.717) is 12.8 Å². The molecule has 5 nitrogen and oxygen atoms in total. The lowest BCUT2D eigenvalue weighted by Crippen LogP contribution is -2.52. The number of aliphatic carboxylic acids is 1. The van der Waals surface area contributed by atoms with Crippen LogP contribution in [0.2, 0.25) is 0 Å². The van der Waals surface area contributed by atoms with Crippen molar-refractivity contribution in [2.24, 2.45) is 0 Å². The van der Waals surface area contributed by atoms with Crippen LogP contribution in [0.3, 0.4) is 0 Å². The number of aliphatic hydroxyl groups excluding tert-OH is 1. The van der Waals surface area contributed by atoms with Crippen molar-refractivity contribution in [1.29, 1.82) is 0 Å². The zero-order valence-electron chi connectivity index (χ0n) is 7.56. The Morgan fingerprint density at radius 3 is 2.69 bits per heavy atom. The Balaban J connectivity index is 2.26. The van der Waals surface area contributed by atoms with Crippen molar-refractivity contribution in [2.75, 3.05) is 13.7 Å². The molecule has 0 radical (unpaired) electrons. The molecule has 0 saturated heterocycles. The van der Waals surface area contributed by atoms with E-state index in [1.807, 2.05) is 0 Å². The zero-order valence-corrected chi connectivity index (χ0v) is 7.56. The molecule has 0 aromatic rings. The molecule has 13 heavy (non-hydrogen) atoms. The van der Waals surface area contributed by atoms with Gasteiger partial charge in [-0.15, -0.1) is 0 Å². The van der Waals surface area contributed by atoms with Gasteiger partial charge in [0.2, 0.25) is 0 Å². The minimum absolute atomic E-state index is 0.117. The Labute approximate surface area is 76.7 Å². The predicted octanol–water partition coefficient (Wildman–Crippen LogP) is -0.801. The summed E-state index contributed by atoms with van der Waals surface area (Å²) < 4.78 is 4.76. The molecule has 1 aliphatic carbocycles. The van der Waals surface area contributed by atoms with E-state index in [2.05, 4.69) is 5.32 Å². The average molecular weight is 189 g/mol. The van der Waals surface area contributed by atoms with E-state index in [-0.39, 0.29) is 18.8 Å². The third-order valence-electron chi connectivity index (χ3n) is 2.18. The molecule has 0 amide bonds. The van der Waals surface area contributed by atoms with E-state index >= 15 is 0 Å². The van der Waals surface area contributed by atoms with Crippen LogP contribution in [-0.4, -0.2) is 48.1 Å². The van der Waals surface area contributed by atoms with Gasteiger partial charge in [-0.2, -0.15) is 0 Å². The van der Waals surface area contributed by atoms with Crippen molar-refractivity contribution in [2.45, 2.75) is 31.0 Å². The van der Waals surface area contributed by atoms with Gasteiger partial charge in [-0.25, -0.2) is 0 Å². The van der Waals surface area contributed by atoms with Gasteiger partial charge < -0.3 is 14.9 Å². The van der Waals surface area contributed by atoms with E-state index in [0.717, 1.165) is 0 Å². The van der Waals surface area contributed by atoms with Gasteiger partial charge in [-0.3, -0.25) is 10.1 Å². The van der Waals surface area contributed by atoms with E-state index < -0.39 is 12.0 Å². The molecule has 0 aromatic heterocycles. The Kier molecular flexibility index (Phi) is 3.65. The first-order valence-electron chi connectivity index (χ1n) is 4.29. The summed E-state index contributed by atoms with van der Waals surface area (Å²) >= 11 is 0. The van der Waals surface area contributed by atoms with Crippen molar-refractivity contribution >= 4 is 5.97 Å². The average Bonchev–Trinajstić information content (AvgIpc) is 2.00. The first-order valence-corrected chi connectivity index (χ1v) is 4.29. The third-order valence-corrected chi connectivity index (χ3v) is 2.18. The Morgan fingerprint density at radius 1 is 1.69 bits per heavy atom. The van der Waals surface area contributed by atoms with Gasteiger partial charge in [-0.1, -0.05) is 0 Å². The summed E-state index contributed by atoms with van der Waals surface area (Å²) in [6, 6.07) is -0.547. The normalized spacial score (nSPS) is 29.4. The van der Waals surface area contributed by atoms with Gasteiger partial charge in [0.15, 0.2) is 0 Å². The van der Waals surface area contributed by atoms with Crippen LogP contribution in [0.1, 0.15) is 12.8 Å². The molecule has 1 atom stereocenters. The quantitative estimate of drug-likeness (QED) is 0.527. The van der Waals surface area contributed by atoms with Gasteiger partial charge in [-0.05, 0) is 12.8 Å². The number of methoxy groups -OCH3 is 1. The van der Waals surface area contributed by atoms with Crippen molar-refractivity contribution in [1.82, 2.24) is 5.32 Å². The van der Waals surface area contributed by atoms with Crippen LogP contribution >= 0.6 is 0 Å². The molecular weight excluding hydrogens is 174 g/mol. The summed E-state index contributed by atoms with van der Waals surface area (Å²) in [5, 5.41) is 20.6. The monoisotopic (exact) mass is 189 g/mol. The highest BCUT2D eigenvalue weighted by atomic mass is 16.5. The largest absolute Gasteiger partial charge is 0.480 e. The Bertz CT molecular complexity index is 179. The van der Waals surface area contributed by atoms with E-state index in [1.54, 1.807) is 0 Å². The lowest BCUT2D eigenvalue weighted by molar-refractivity contribution is -0.141. The van der Waals surface area contributed by atoms with E-state index in [1.165, 1.54) is 7.11 Å². The molecule has 0 heterocycles. The summed E-state index contributed by atoms with van der Waals surface area (Å²) in [5.41, 5.74) is 0. The topological polar surface area (TPSA) is 78.8 Å². The molecule has 76 valence electrons. The molecular formula is C8H15NO4. The summed E-state index contributed by atoms with van der Waals surface area (Å²) in [4.78, 5) is 10.6. The van der Waals surface area contributed by atoms with Crippen LogP contribution in [0.15, 0.2) is 0 Å². The van der Waals surface area contributed by atoms with Crippen LogP contribution in [0.25, 0.3) is 0 Å². The van der Waals surface area contributed by atoms with Crippen molar-refractivity contribution in [3.63, 3.8) is 0 Å². The molecule has 1 saturated carbocycles. The summed E-state index contributed by atoms with van der Waals surface area (Å²) in [6.07, 6.45) is 0.996. The first kappa shape index (κ1) is 10.4. The van der Waals surface area contributed by atoms with Gasteiger partial charge in [0.05, 0.1) is 12.7 Å². The first-order chi connectivity index (χ1) is 6.13. The molecule has 1 unspecified atom stereocenters. The minimum Gasteiger partial charge on any atom is -0.480 e. The number of rotatable bonds is 5. The highest BCUT2D eigenvalue weighted by Gasteiger charge is 2.30. The lowest BCUT2D eigenvalue weighted by Gasteiger charge is -2.34. The SMILES string of the molecule is COCC(NC1CC(O)C1)C(=O)O. The maximum atomic E-state index is 10.6. The fraction of sp³-hybridized carbons (Fsp3) is 0.875. The highest BCUT2D eigenvalue weighted by molar-refractivity contribution is 5.73. The van der Waals surface area contributed by atoms with Crippen LogP contribution < -0.4 is 5.32 Å². The standard InChI is InChI=1S/C8H15NO4/c1-13-4-7(8(11)12)9-5-2-6(10)3-5/h5-7,9-10H,2-4H2,1H3,(H,11,12). The maximum absolute atomic E-state index is 10.6. The highest BCUT2D eigenvalue weighted by Crippen LogP contribution is 2.19. The van der Waals surface area contributed by atoms with E-state index in [4.69, 9.17) is 14.9 Å². The second-order valence-electron chi connectivity index (χ2n) is 3.33. The van der Waals surface area contributed by atoms with Gasteiger partial charge >= 0.3 is 5.97 Å². The third kappa shape index (κ3) is 2.95. The Morgan fingerprint density at radius 2 is 2.31 bits per heavy atom. The van der Waals surface area contributed by atoms with Crippen LogP contribution in [-0.2, 0) is 9.53 Å². The number of carbonyl (C=O) groups is 1. The van der Waals surface area contributed by atoms with Crippen molar-refractivity contribution in [3.8, 4) is 0 Å². The molecule has 1 aliphatic rings. The van der Waals surface area contributed by atoms with Gasteiger partial charge in [0, 0.05) is 13.2 Å². The molecule has 0 spiro atoms. The molecule has 1 fully saturated rings. The van der Waals surface area contributed by atoms with E-state index in [9.17, 15) is 4.79 Å². The van der Waals surface area contributed by atoms with Crippen LogP contribution in [0.4, 0.5) is 0 Å². The van der Waals surface area contributed by atoms with Gasteiger partial charge in [0.25, 0.3) is 0 Å². The molecule has 1 rings (SSSR count). The second kappa shape index (κ2) is 4.55. The number of aliphatic hydroxyl groups is 1. The minimum atomic E-state index is -0.914. The number of carboxylic acid groups (broad SMARTS) is 1. The van der Waals surface area contributed by atoms with Crippen molar-refractivity contribution < 1.29 is 19.7 Å². The number of nitrogens with one attached hydrogen (secondary N) is 1. The van der Waals surface area contributed by atoms with Crippen LogP contribution in [0.5, 0.6) is 0 Å². The van der Waals surface area contributed by atoms with Crippen molar-refractivity contribution in [3.05, 3.63) is 0 Å². The molecule has 0 aliphatic heterocycles. The number of hydrogen-bond donors (Lipinski definition) is 3. The zero-order chi connectivity index (χ0) is 9.84. The summed E-state index contributed by atoms with van der Waals surface area (Å²) in [5.74, 6) is -0.914. The molecule has 0 aromatic carbocycles. The summed E-state index contributed by atoms with van der Waals surface area (Å²) in [6.45, 7) is 0.155. The smallest absolute Gasteiger partial charge is 0.323 e. The number of carboxylic acids is 1. The fourth-order valence-electron chi connectivity index (χ4n) is 1.37. The molecule has 0 bridgehead atoms. The maximum Gasteiger partial charge on any atom is 0.323 e. The number of hydrogen-bond acceptors (Lipinski definition) is 4. The Hall–Kier alpha value is -0.650. The summed E-state index contributed by atoms with van der Waals surface area (Å²) in [7, 11) is 1.47. The van der Waals surface area contributed by atoms with Crippen LogP contribution in [0, 0.1) is 0 Å². The lowest BCUT2D eigenvalue weighted by atomic mass is 9.89. The molecule has 3 N–H and O–H groups in total. The second-order valence-corrected chi connectivity index (χ2v) is 3.33. The number of ether oxygens (including phenoxy) is 1. The molecule has 5 heteroatoms. The fourth-order valence-corrected chi connectivity index (χ4v) is 1.37. The predicted molar refractivity (Wildman–Crippen MR) is 45.5 cm³/mol.